The molecule has 8 nitrogen and oxygen atoms in total. The summed E-state index contributed by atoms with van der Waals surface area (Å²) >= 11 is 0. The van der Waals surface area contributed by atoms with Gasteiger partial charge in [0.2, 0.25) is 0 Å². The summed E-state index contributed by atoms with van der Waals surface area (Å²) in [5.41, 5.74) is -0.784. The highest BCUT2D eigenvalue weighted by Crippen LogP contribution is 2.33. The van der Waals surface area contributed by atoms with Crippen molar-refractivity contribution in [1.29, 1.82) is 0 Å². The Morgan fingerprint density at radius 1 is 1.17 bits per heavy atom. The van der Waals surface area contributed by atoms with E-state index in [0.29, 0.717) is 12.0 Å². The zero-order chi connectivity index (χ0) is 17.6. The van der Waals surface area contributed by atoms with Crippen LogP contribution in [0.3, 0.4) is 0 Å². The maximum atomic E-state index is 11.6. The third kappa shape index (κ3) is 4.60. The van der Waals surface area contributed by atoms with Crippen molar-refractivity contribution in [1.82, 2.24) is 0 Å². The Hall–Kier alpha value is -2.77. The van der Waals surface area contributed by atoms with Gasteiger partial charge in [-0.3, -0.25) is 20.2 Å². The standard InChI is InChI=1S/C15H18N2O6/c1-3-4-5-6-10(2)14(15(18)19)12-8-7-11(16(20)21)9-13(12)17(22)23/h7-9H,3-6H2,1-2H3,(H,18,19). The Morgan fingerprint density at radius 3 is 2.30 bits per heavy atom. The lowest BCUT2D eigenvalue weighted by atomic mass is 9.95. The summed E-state index contributed by atoms with van der Waals surface area (Å²) in [4.78, 5) is 31.9. The fraction of sp³-hybridized carbons (Fsp3) is 0.400. The molecule has 0 amide bonds. The number of nitro groups is 2. The highest BCUT2D eigenvalue weighted by Gasteiger charge is 2.26. The third-order valence-corrected chi connectivity index (χ3v) is 3.45. The molecule has 124 valence electrons. The maximum absolute atomic E-state index is 11.6. The molecule has 0 aromatic heterocycles. The SMILES string of the molecule is CCCCCC(C)=C(C(=O)O)c1ccc([N+](=O)[O-])cc1[N+](=O)[O-]. The van der Waals surface area contributed by atoms with E-state index in [4.69, 9.17) is 0 Å². The number of carboxylic acid groups (broad SMARTS) is 1. The lowest BCUT2D eigenvalue weighted by Gasteiger charge is -2.09. The Bertz CT molecular complexity index is 666. The first kappa shape index (κ1) is 18.3. The minimum atomic E-state index is -1.28. The van der Waals surface area contributed by atoms with Crippen LogP contribution in [0, 0.1) is 20.2 Å². The van der Waals surface area contributed by atoms with E-state index >= 15 is 0 Å². The van der Waals surface area contributed by atoms with E-state index in [1.54, 1.807) is 6.92 Å². The maximum Gasteiger partial charge on any atom is 0.336 e. The molecule has 0 unspecified atom stereocenters. The predicted octanol–water partition coefficient (Wildman–Crippen LogP) is 3.94. The Labute approximate surface area is 132 Å². The number of allylic oxidation sites excluding steroid dienone is 1. The molecule has 0 aliphatic carbocycles. The minimum Gasteiger partial charge on any atom is -0.478 e. The molecule has 1 N–H and O–H groups in total. The topological polar surface area (TPSA) is 124 Å². The van der Waals surface area contributed by atoms with Crippen molar-refractivity contribution >= 4 is 22.9 Å². The van der Waals surface area contributed by atoms with Gasteiger partial charge in [0.25, 0.3) is 11.4 Å². The first-order chi connectivity index (χ1) is 10.8. The molecule has 1 rings (SSSR count). The number of hydrogen-bond donors (Lipinski definition) is 1. The summed E-state index contributed by atoms with van der Waals surface area (Å²) < 4.78 is 0. The van der Waals surface area contributed by atoms with Crippen LogP contribution in [0.1, 0.15) is 45.1 Å². The molecule has 0 spiro atoms. The van der Waals surface area contributed by atoms with Crippen LogP contribution < -0.4 is 0 Å². The van der Waals surface area contributed by atoms with Crippen LogP contribution >= 0.6 is 0 Å². The van der Waals surface area contributed by atoms with Gasteiger partial charge in [-0.25, -0.2) is 4.79 Å². The second kappa shape index (κ2) is 8.02. The van der Waals surface area contributed by atoms with Crippen LogP contribution in [-0.4, -0.2) is 20.9 Å². The summed E-state index contributed by atoms with van der Waals surface area (Å²) in [6, 6.07) is 2.99. The molecular formula is C15H18N2O6. The number of rotatable bonds is 8. The van der Waals surface area contributed by atoms with Crippen LogP contribution in [0.25, 0.3) is 5.57 Å². The zero-order valence-electron chi connectivity index (χ0n) is 12.9. The van der Waals surface area contributed by atoms with Gasteiger partial charge in [0.15, 0.2) is 0 Å². The second-order valence-corrected chi connectivity index (χ2v) is 5.13. The van der Waals surface area contributed by atoms with Crippen molar-refractivity contribution in [3.8, 4) is 0 Å². The van der Waals surface area contributed by atoms with Gasteiger partial charge in [-0.2, -0.15) is 0 Å². The van der Waals surface area contributed by atoms with E-state index < -0.39 is 27.2 Å². The van der Waals surface area contributed by atoms with Crippen molar-refractivity contribution in [2.75, 3.05) is 0 Å². The molecule has 0 radical (unpaired) electrons. The van der Waals surface area contributed by atoms with Gasteiger partial charge in [0, 0.05) is 6.07 Å². The van der Waals surface area contributed by atoms with Crippen LogP contribution in [0.4, 0.5) is 11.4 Å². The largest absolute Gasteiger partial charge is 0.478 e. The number of aliphatic carboxylic acids is 1. The van der Waals surface area contributed by atoms with E-state index in [1.165, 1.54) is 0 Å². The number of carboxylic acids is 1. The number of nitrogens with zero attached hydrogens (tertiary/aromatic N) is 2. The molecule has 0 aliphatic rings. The van der Waals surface area contributed by atoms with Gasteiger partial charge in [-0.15, -0.1) is 0 Å². The summed E-state index contributed by atoms with van der Waals surface area (Å²) in [6.45, 7) is 3.63. The molecule has 0 heterocycles. The Kier molecular flexibility index (Phi) is 6.37. The van der Waals surface area contributed by atoms with Crippen molar-refractivity contribution in [3.63, 3.8) is 0 Å². The third-order valence-electron chi connectivity index (χ3n) is 3.45. The quantitative estimate of drug-likeness (QED) is 0.334. The number of non-ortho nitro benzene ring substituents is 1. The molecular weight excluding hydrogens is 304 g/mol. The van der Waals surface area contributed by atoms with E-state index in [0.717, 1.165) is 37.5 Å². The second-order valence-electron chi connectivity index (χ2n) is 5.13. The smallest absolute Gasteiger partial charge is 0.336 e. The monoisotopic (exact) mass is 322 g/mol. The average Bonchev–Trinajstić information content (AvgIpc) is 2.47. The molecule has 0 fully saturated rings. The van der Waals surface area contributed by atoms with Crippen molar-refractivity contribution in [2.45, 2.75) is 39.5 Å². The van der Waals surface area contributed by atoms with Crippen LogP contribution in [0.5, 0.6) is 0 Å². The normalized spacial score (nSPS) is 11.7. The van der Waals surface area contributed by atoms with E-state index in [-0.39, 0.29) is 11.1 Å². The van der Waals surface area contributed by atoms with Gasteiger partial charge in [-0.05, 0) is 25.8 Å². The molecule has 1 aromatic rings. The van der Waals surface area contributed by atoms with Gasteiger partial charge in [0.05, 0.1) is 27.0 Å². The summed E-state index contributed by atoms with van der Waals surface area (Å²) in [5, 5.41) is 31.4. The van der Waals surface area contributed by atoms with Gasteiger partial charge < -0.3 is 5.11 Å². The number of benzene rings is 1. The summed E-state index contributed by atoms with van der Waals surface area (Å²) in [7, 11) is 0. The molecule has 1 aromatic carbocycles. The van der Waals surface area contributed by atoms with Crippen LogP contribution in [0.2, 0.25) is 0 Å². The number of hydrogen-bond acceptors (Lipinski definition) is 5. The van der Waals surface area contributed by atoms with Crippen LogP contribution in [0.15, 0.2) is 23.8 Å². The zero-order valence-corrected chi connectivity index (χ0v) is 12.9. The first-order valence-corrected chi connectivity index (χ1v) is 7.15. The number of carbonyl (C=O) groups is 1. The predicted molar refractivity (Wildman–Crippen MR) is 84.1 cm³/mol. The Morgan fingerprint density at radius 2 is 1.83 bits per heavy atom. The lowest BCUT2D eigenvalue weighted by molar-refractivity contribution is -0.394. The molecule has 0 saturated heterocycles. The lowest BCUT2D eigenvalue weighted by Crippen LogP contribution is -2.06. The molecule has 0 atom stereocenters. The van der Waals surface area contributed by atoms with Crippen molar-refractivity contribution in [2.24, 2.45) is 0 Å². The highest BCUT2D eigenvalue weighted by molar-refractivity contribution is 6.17. The fourth-order valence-electron chi connectivity index (χ4n) is 2.29. The summed E-state index contributed by atoms with van der Waals surface area (Å²) in [6.07, 6.45) is 3.17. The van der Waals surface area contributed by atoms with Gasteiger partial charge >= 0.3 is 5.97 Å². The highest BCUT2D eigenvalue weighted by atomic mass is 16.6. The van der Waals surface area contributed by atoms with Gasteiger partial charge in [-0.1, -0.05) is 25.3 Å². The minimum absolute atomic E-state index is 0.109. The van der Waals surface area contributed by atoms with Gasteiger partial charge in [0.1, 0.15) is 0 Å². The van der Waals surface area contributed by atoms with Crippen molar-refractivity contribution in [3.05, 3.63) is 49.6 Å². The van der Waals surface area contributed by atoms with E-state index in [9.17, 15) is 30.1 Å². The molecule has 23 heavy (non-hydrogen) atoms. The molecule has 0 aliphatic heterocycles. The molecule has 8 heteroatoms. The average molecular weight is 322 g/mol. The first-order valence-electron chi connectivity index (χ1n) is 7.15. The van der Waals surface area contributed by atoms with E-state index in [1.807, 2.05) is 6.92 Å². The number of unbranched alkanes of at least 4 members (excludes halogenated alkanes) is 2. The van der Waals surface area contributed by atoms with Crippen LogP contribution in [-0.2, 0) is 4.79 Å². The molecule has 0 bridgehead atoms. The van der Waals surface area contributed by atoms with Crippen molar-refractivity contribution < 1.29 is 19.7 Å². The summed E-state index contributed by atoms with van der Waals surface area (Å²) in [5.74, 6) is -1.28. The Balaban J connectivity index is 3.43. The van der Waals surface area contributed by atoms with E-state index in [2.05, 4.69) is 0 Å². The fourth-order valence-corrected chi connectivity index (χ4v) is 2.29. The number of nitro benzene ring substituents is 2. The molecule has 0 saturated carbocycles.